The van der Waals surface area contributed by atoms with Crippen LogP contribution in [0.15, 0.2) is 35.7 Å². The molecular weight excluding hydrogens is 304 g/mol. The molecule has 0 fully saturated rings. The normalized spacial score (nSPS) is 15.4. The third-order valence-corrected chi connectivity index (χ3v) is 5.47. The van der Waals surface area contributed by atoms with E-state index in [0.29, 0.717) is 5.92 Å². The van der Waals surface area contributed by atoms with Gasteiger partial charge in [-0.15, -0.1) is 11.3 Å². The first-order valence-electron chi connectivity index (χ1n) is 8.25. The number of fused-ring (bicyclic) bond motifs is 1. The molecule has 0 aliphatic carbocycles. The fraction of sp³-hybridized carbons (Fsp3) is 0.421. The van der Waals surface area contributed by atoms with Crippen molar-refractivity contribution in [2.45, 2.75) is 45.7 Å². The highest BCUT2D eigenvalue weighted by molar-refractivity contribution is 7.10. The van der Waals surface area contributed by atoms with Gasteiger partial charge in [0.2, 0.25) is 5.91 Å². The summed E-state index contributed by atoms with van der Waals surface area (Å²) < 4.78 is 0. The van der Waals surface area contributed by atoms with Gasteiger partial charge in [0.05, 0.1) is 0 Å². The average Bonchev–Trinajstić information content (AvgIpc) is 3.02. The van der Waals surface area contributed by atoms with E-state index in [-0.39, 0.29) is 11.9 Å². The molecule has 1 atom stereocenters. The number of rotatable bonds is 4. The van der Waals surface area contributed by atoms with E-state index in [0.717, 1.165) is 25.2 Å². The highest BCUT2D eigenvalue weighted by Gasteiger charge is 2.25. The van der Waals surface area contributed by atoms with E-state index < -0.39 is 0 Å². The quantitative estimate of drug-likeness (QED) is 0.909. The van der Waals surface area contributed by atoms with E-state index in [1.165, 1.54) is 16.0 Å². The maximum absolute atomic E-state index is 12.7. The van der Waals surface area contributed by atoms with E-state index in [1.54, 1.807) is 11.3 Å². The van der Waals surface area contributed by atoms with Gasteiger partial charge < -0.3 is 10.2 Å². The summed E-state index contributed by atoms with van der Waals surface area (Å²) in [6.07, 6.45) is 0.981. The Morgan fingerprint density at radius 2 is 1.91 bits per heavy atom. The van der Waals surface area contributed by atoms with Crippen LogP contribution in [-0.2, 0) is 17.8 Å². The topological polar surface area (TPSA) is 32.3 Å². The molecule has 3 nitrogen and oxygen atoms in total. The molecule has 1 aliphatic rings. The number of carbonyl (C=O) groups excluding carboxylic acids is 1. The first kappa shape index (κ1) is 16.1. The minimum absolute atomic E-state index is 0.176. The van der Waals surface area contributed by atoms with Crippen LogP contribution in [0.3, 0.4) is 0 Å². The van der Waals surface area contributed by atoms with Crippen molar-refractivity contribution in [1.29, 1.82) is 0 Å². The maximum atomic E-state index is 12.7. The number of carbonyl (C=O) groups is 1. The number of amides is 1. The van der Waals surface area contributed by atoms with Gasteiger partial charge >= 0.3 is 0 Å². The van der Waals surface area contributed by atoms with Crippen LogP contribution < -0.4 is 5.32 Å². The van der Waals surface area contributed by atoms with E-state index >= 15 is 0 Å². The number of benzene rings is 1. The Bertz CT molecular complexity index is 675. The van der Waals surface area contributed by atoms with Gasteiger partial charge in [-0.2, -0.15) is 0 Å². The number of nitrogens with zero attached hydrogens (tertiary/aromatic N) is 1. The van der Waals surface area contributed by atoms with Gasteiger partial charge in [0, 0.05) is 23.7 Å². The molecule has 1 amide bonds. The molecule has 2 aromatic rings. The van der Waals surface area contributed by atoms with Crippen molar-refractivity contribution < 1.29 is 4.79 Å². The first-order chi connectivity index (χ1) is 11.0. The van der Waals surface area contributed by atoms with Crippen molar-refractivity contribution in [2.75, 3.05) is 11.9 Å². The third-order valence-electron chi connectivity index (χ3n) is 4.45. The van der Waals surface area contributed by atoms with Crippen molar-refractivity contribution >= 4 is 22.9 Å². The summed E-state index contributed by atoms with van der Waals surface area (Å²) in [4.78, 5) is 16.1. The largest absolute Gasteiger partial charge is 0.374 e. The number of nitrogens with one attached hydrogen (secondary N) is 1. The lowest BCUT2D eigenvalue weighted by Crippen LogP contribution is -2.43. The Morgan fingerprint density at radius 3 is 2.61 bits per heavy atom. The highest BCUT2D eigenvalue weighted by Crippen LogP contribution is 2.25. The van der Waals surface area contributed by atoms with E-state index in [1.807, 2.05) is 11.8 Å². The SMILES string of the molecule is CC(Nc1ccc(C(C)C)cc1)C(=O)N1CCc2sccc2C1. The fourth-order valence-electron chi connectivity index (χ4n) is 2.99. The molecular formula is C19H24N2OS. The van der Waals surface area contributed by atoms with E-state index in [2.05, 4.69) is 54.9 Å². The molecule has 1 aromatic heterocycles. The third kappa shape index (κ3) is 3.58. The second-order valence-corrected chi connectivity index (χ2v) is 7.52. The second-order valence-electron chi connectivity index (χ2n) is 6.52. The summed E-state index contributed by atoms with van der Waals surface area (Å²) >= 11 is 1.80. The lowest BCUT2D eigenvalue weighted by atomic mass is 10.0. The summed E-state index contributed by atoms with van der Waals surface area (Å²) in [5.41, 5.74) is 3.63. The standard InChI is InChI=1S/C19H24N2OS/c1-13(2)15-4-6-17(7-5-15)20-14(3)19(22)21-10-8-18-16(12-21)9-11-23-18/h4-7,9,11,13-14,20H,8,10,12H2,1-3H3. The van der Waals surface area contributed by atoms with Crippen LogP contribution in [0.25, 0.3) is 0 Å². The summed E-state index contributed by atoms with van der Waals surface area (Å²) in [6, 6.07) is 10.3. The molecule has 0 spiro atoms. The Kier molecular flexibility index (Phi) is 4.71. The van der Waals surface area contributed by atoms with Crippen molar-refractivity contribution in [3.63, 3.8) is 0 Å². The van der Waals surface area contributed by atoms with Gasteiger partial charge in [0.1, 0.15) is 6.04 Å². The summed E-state index contributed by atoms with van der Waals surface area (Å²) in [5.74, 6) is 0.700. The van der Waals surface area contributed by atoms with Gasteiger partial charge in [-0.3, -0.25) is 4.79 Å². The summed E-state index contributed by atoms with van der Waals surface area (Å²) in [7, 11) is 0. The molecule has 0 saturated heterocycles. The zero-order valence-corrected chi connectivity index (χ0v) is 14.8. The van der Waals surface area contributed by atoms with Crippen molar-refractivity contribution in [1.82, 2.24) is 4.90 Å². The fourth-order valence-corrected chi connectivity index (χ4v) is 3.88. The van der Waals surface area contributed by atoms with Gasteiger partial charge in [-0.05, 0) is 54.0 Å². The zero-order valence-electron chi connectivity index (χ0n) is 14.0. The van der Waals surface area contributed by atoms with Crippen LogP contribution in [0.1, 0.15) is 42.7 Å². The second kappa shape index (κ2) is 6.75. The maximum Gasteiger partial charge on any atom is 0.245 e. The van der Waals surface area contributed by atoms with E-state index in [9.17, 15) is 4.79 Å². The Balaban J connectivity index is 1.61. The minimum atomic E-state index is -0.208. The predicted molar refractivity (Wildman–Crippen MR) is 97.1 cm³/mol. The lowest BCUT2D eigenvalue weighted by Gasteiger charge is -2.30. The minimum Gasteiger partial charge on any atom is -0.374 e. The van der Waals surface area contributed by atoms with Gasteiger partial charge in [0.15, 0.2) is 0 Å². The van der Waals surface area contributed by atoms with Crippen molar-refractivity contribution in [3.8, 4) is 0 Å². The molecule has 1 aromatic carbocycles. The molecule has 3 rings (SSSR count). The molecule has 4 heteroatoms. The van der Waals surface area contributed by atoms with Crippen molar-refractivity contribution in [3.05, 3.63) is 51.7 Å². The zero-order chi connectivity index (χ0) is 16.4. The molecule has 1 N–H and O–H groups in total. The summed E-state index contributed by atoms with van der Waals surface area (Å²) in [5, 5.41) is 5.46. The van der Waals surface area contributed by atoms with Crippen LogP contribution in [-0.4, -0.2) is 23.4 Å². The molecule has 23 heavy (non-hydrogen) atoms. The lowest BCUT2D eigenvalue weighted by molar-refractivity contribution is -0.132. The smallest absolute Gasteiger partial charge is 0.245 e. The van der Waals surface area contributed by atoms with Crippen molar-refractivity contribution in [2.24, 2.45) is 0 Å². The monoisotopic (exact) mass is 328 g/mol. The molecule has 2 heterocycles. The van der Waals surface area contributed by atoms with Crippen LogP contribution in [0.5, 0.6) is 0 Å². The Hall–Kier alpha value is -1.81. The average molecular weight is 328 g/mol. The molecule has 1 unspecified atom stereocenters. The van der Waals surface area contributed by atoms with E-state index in [4.69, 9.17) is 0 Å². The molecule has 0 saturated carbocycles. The number of anilines is 1. The Labute approximate surface area is 142 Å². The van der Waals surface area contributed by atoms with Crippen LogP contribution in [0.4, 0.5) is 5.69 Å². The van der Waals surface area contributed by atoms with Crippen LogP contribution in [0, 0.1) is 0 Å². The highest BCUT2D eigenvalue weighted by atomic mass is 32.1. The first-order valence-corrected chi connectivity index (χ1v) is 9.13. The van der Waals surface area contributed by atoms with Crippen LogP contribution in [0.2, 0.25) is 0 Å². The number of thiophene rings is 1. The molecule has 0 bridgehead atoms. The molecule has 1 aliphatic heterocycles. The molecule has 0 radical (unpaired) electrons. The Morgan fingerprint density at radius 1 is 1.17 bits per heavy atom. The molecule has 122 valence electrons. The predicted octanol–water partition coefficient (Wildman–Crippen LogP) is 4.26. The number of hydrogen-bond acceptors (Lipinski definition) is 3. The van der Waals surface area contributed by atoms with Crippen LogP contribution >= 0.6 is 11.3 Å². The summed E-state index contributed by atoms with van der Waals surface area (Å²) in [6.45, 7) is 7.88. The van der Waals surface area contributed by atoms with Gasteiger partial charge in [-0.1, -0.05) is 26.0 Å². The van der Waals surface area contributed by atoms with Gasteiger partial charge in [-0.25, -0.2) is 0 Å². The number of hydrogen-bond donors (Lipinski definition) is 1. The van der Waals surface area contributed by atoms with Gasteiger partial charge in [0.25, 0.3) is 0 Å².